The molecule has 0 unspecified atom stereocenters. The van der Waals surface area contributed by atoms with Crippen LogP contribution in [0.1, 0.15) is 0 Å². The summed E-state index contributed by atoms with van der Waals surface area (Å²) in [5, 5.41) is 103. The first-order valence-electron chi connectivity index (χ1n) is 4.80. The van der Waals surface area contributed by atoms with Crippen molar-refractivity contribution in [3.63, 3.8) is 0 Å². The molecule has 0 heterocycles. The Bertz CT molecular complexity index is 890. The molecule has 12 nitrogen and oxygen atoms in total. The number of nitrogens with zero attached hydrogens (tertiary/aromatic N) is 12. The summed E-state index contributed by atoms with van der Waals surface area (Å²) in [7, 11) is -12.3. The van der Waals surface area contributed by atoms with Gasteiger partial charge in [-0.25, -0.2) is 0 Å². The second-order valence-electron chi connectivity index (χ2n) is 3.60. The van der Waals surface area contributed by atoms with Gasteiger partial charge in [0.2, 0.25) is 0 Å². The predicted molar refractivity (Wildman–Crippen MR) is 84.6 cm³/mol. The minimum atomic E-state index is -6.17. The molecule has 0 aliphatic rings. The molecule has 17 heteroatoms. The van der Waals surface area contributed by atoms with E-state index in [0.717, 1.165) is 59.6 Å². The Morgan fingerprint density at radius 2 is 0.310 bits per heavy atom. The smallest absolute Gasteiger partial charge is 2.00 e. The Morgan fingerprint density at radius 3 is 0.310 bits per heavy atom. The van der Waals surface area contributed by atoms with Crippen LogP contribution >= 0.6 is 0 Å². The monoisotopic (exact) mass is 1050 g/mol. The fraction of sp³-hybridized carbons (Fsp3) is 0. The third-order valence-corrected chi connectivity index (χ3v) is 9.78. The van der Waals surface area contributed by atoms with Crippen molar-refractivity contribution >= 4 is 81.9 Å². The summed E-state index contributed by atoms with van der Waals surface area (Å²) < 4.78 is 0. The van der Waals surface area contributed by atoms with Crippen molar-refractivity contribution in [2.24, 2.45) is 0 Å². The maximum atomic E-state index is 8.58. The van der Waals surface area contributed by atoms with Gasteiger partial charge >= 0.3 is 226 Å². The van der Waals surface area contributed by atoms with Gasteiger partial charge in [0.15, 0.2) is 0 Å². The minimum Gasteiger partial charge on any atom is 2.00 e. The van der Waals surface area contributed by atoms with E-state index in [1.165, 1.54) is 0 Å². The van der Waals surface area contributed by atoms with Crippen molar-refractivity contribution < 1.29 is 21.5 Å². The molecule has 0 saturated carbocycles. The van der Waals surface area contributed by atoms with E-state index >= 15 is 0 Å². The normalized spacial score (nSPS) is 12.0. The molecular formula is C12Fe2N12Pb3. The number of nitriles is 12. The van der Waals surface area contributed by atoms with Gasteiger partial charge in [-0.1, -0.05) is 0 Å². The summed E-state index contributed by atoms with van der Waals surface area (Å²) in [5.74, 6) is 0. The van der Waals surface area contributed by atoms with Crippen LogP contribution in [0.4, 0.5) is 0 Å². The molecule has 0 bridgehead atoms. The number of hydrogen-bond acceptors (Lipinski definition) is 12. The van der Waals surface area contributed by atoms with E-state index < -0.39 is 21.5 Å². The molecule has 0 atom stereocenters. The molecule has 136 valence electrons. The number of hydrogen-bond donors (Lipinski definition) is 0. The zero-order valence-corrected chi connectivity index (χ0v) is 27.4. The molecule has 0 fully saturated rings. The fourth-order valence-electron chi connectivity index (χ4n) is 0.530. The largest absolute Gasteiger partial charge is 2.00 e. The zero-order chi connectivity index (χ0) is 21.3. The van der Waals surface area contributed by atoms with Crippen molar-refractivity contribution in [1.82, 2.24) is 0 Å². The second-order valence-corrected chi connectivity index (χ2v) is 14.8. The molecule has 0 N–H and O–H groups in total. The van der Waals surface area contributed by atoms with E-state index in [9.17, 15) is 0 Å². The van der Waals surface area contributed by atoms with Crippen LogP contribution in [0.25, 0.3) is 0 Å². The van der Waals surface area contributed by atoms with Crippen LogP contribution < -0.4 is 0 Å². The quantitative estimate of drug-likeness (QED) is 0.266. The maximum Gasteiger partial charge on any atom is 2.00 e. The van der Waals surface area contributed by atoms with E-state index in [0.29, 0.717) is 0 Å². The molecule has 0 aromatic rings. The van der Waals surface area contributed by atoms with Crippen LogP contribution in [-0.4, -0.2) is 81.9 Å². The summed E-state index contributed by atoms with van der Waals surface area (Å²) in [4.78, 5) is 12.4. The summed E-state index contributed by atoms with van der Waals surface area (Å²) in [6.45, 7) is 0. The molecule has 0 aliphatic carbocycles. The molecule has 0 amide bonds. The SMILES string of the molecule is N#[C][Fe-3]([C]#N)([C]#N)([C]#N)([C]#N)[C]#N.N#[C][Fe-3]([C]#N)([C]#N)([C]#N)([C]#N)[C]#N.[Pb+2].[Pb+2].[Pb+2]. The first kappa shape index (κ1) is 37.4. The summed E-state index contributed by atoms with van der Waals surface area (Å²) >= 11 is 0. The summed E-state index contributed by atoms with van der Waals surface area (Å²) in [6.07, 6.45) is 0. The summed E-state index contributed by atoms with van der Waals surface area (Å²) in [6, 6.07) is 0. The van der Waals surface area contributed by atoms with E-state index in [4.69, 9.17) is 63.1 Å². The standard InChI is InChI=1S/12CN.2Fe.3Pb/c12*1-2;;;;;/q;;;;;;;;;;;;2*-3;3*+2. The van der Waals surface area contributed by atoms with E-state index in [1.807, 2.05) is 0 Å². The Kier molecular flexibility index (Phi) is 12.8. The van der Waals surface area contributed by atoms with E-state index in [2.05, 4.69) is 0 Å². The van der Waals surface area contributed by atoms with Crippen molar-refractivity contribution in [1.29, 1.82) is 63.1 Å². The van der Waals surface area contributed by atoms with E-state index in [1.54, 1.807) is 0 Å². The van der Waals surface area contributed by atoms with E-state index in [-0.39, 0.29) is 81.9 Å². The van der Waals surface area contributed by atoms with Gasteiger partial charge in [0.1, 0.15) is 0 Å². The van der Waals surface area contributed by atoms with Gasteiger partial charge in [0.05, 0.1) is 0 Å². The van der Waals surface area contributed by atoms with Gasteiger partial charge in [0, 0.05) is 0 Å². The molecule has 0 spiro atoms. The number of rotatable bonds is 0. The Balaban J connectivity index is -0.000000120. The van der Waals surface area contributed by atoms with Crippen LogP contribution in [0.3, 0.4) is 0 Å². The molecule has 0 rings (SSSR count). The van der Waals surface area contributed by atoms with Crippen LogP contribution in [-0.2, 0) is 21.5 Å². The Hall–Kier alpha value is -2.31. The molecule has 0 aromatic carbocycles. The van der Waals surface area contributed by atoms with Crippen LogP contribution in [0.15, 0.2) is 0 Å². The minimum absolute atomic E-state index is 0. The maximum absolute atomic E-state index is 8.58. The average Bonchev–Trinajstić information content (AvgIpc) is 2.77. The van der Waals surface area contributed by atoms with Gasteiger partial charge in [-0.15, -0.1) is 0 Å². The third-order valence-electron chi connectivity index (χ3n) is 2.37. The fourth-order valence-corrected chi connectivity index (χ4v) is 2.19. The van der Waals surface area contributed by atoms with Crippen molar-refractivity contribution in [3.05, 3.63) is 0 Å². The van der Waals surface area contributed by atoms with Gasteiger partial charge < -0.3 is 0 Å². The van der Waals surface area contributed by atoms with Gasteiger partial charge in [-0.2, -0.15) is 0 Å². The van der Waals surface area contributed by atoms with Crippen molar-refractivity contribution in [2.45, 2.75) is 0 Å². The Morgan fingerprint density at radius 1 is 0.241 bits per heavy atom. The topological polar surface area (TPSA) is 285 Å². The zero-order valence-electron chi connectivity index (χ0n) is 13.6. The molecule has 0 aromatic heterocycles. The van der Waals surface area contributed by atoms with Crippen LogP contribution in [0, 0.1) is 123 Å². The summed E-state index contributed by atoms with van der Waals surface area (Å²) in [5.41, 5.74) is 0. The first-order valence-corrected chi connectivity index (χ1v) is 11.4. The Labute approximate surface area is 223 Å². The molecule has 0 aliphatic heterocycles. The first-order chi connectivity index (χ1) is 11.9. The predicted octanol–water partition coefficient (Wildman–Crippen LogP) is -0.946. The molecule has 29 heavy (non-hydrogen) atoms. The van der Waals surface area contributed by atoms with Crippen molar-refractivity contribution in [3.8, 4) is 59.6 Å². The average molecular weight is 1050 g/mol. The van der Waals surface area contributed by atoms with Crippen LogP contribution in [0.5, 0.6) is 0 Å². The molecule has 0 saturated heterocycles. The molecular weight excluding hydrogens is 1050 g/mol. The van der Waals surface area contributed by atoms with Gasteiger partial charge in [-0.05, 0) is 0 Å². The van der Waals surface area contributed by atoms with Gasteiger partial charge in [-0.3, -0.25) is 0 Å². The van der Waals surface area contributed by atoms with Crippen molar-refractivity contribution in [2.75, 3.05) is 0 Å². The van der Waals surface area contributed by atoms with Crippen LogP contribution in [0.2, 0.25) is 0 Å². The van der Waals surface area contributed by atoms with Gasteiger partial charge in [0.25, 0.3) is 0 Å². The molecule has 6 radical (unpaired) electrons. The second kappa shape index (κ2) is 9.94. The third kappa shape index (κ3) is 4.33.